The van der Waals surface area contributed by atoms with Gasteiger partial charge in [-0.1, -0.05) is 35.5 Å². The van der Waals surface area contributed by atoms with Gasteiger partial charge in [0, 0.05) is 25.5 Å². The van der Waals surface area contributed by atoms with E-state index in [4.69, 9.17) is 14.0 Å². The lowest BCUT2D eigenvalue weighted by molar-refractivity contribution is 0.354. The van der Waals surface area contributed by atoms with Crippen molar-refractivity contribution in [2.75, 3.05) is 25.7 Å². The Morgan fingerprint density at radius 1 is 1.06 bits per heavy atom. The molecular weight excluding hydrogens is 462 g/mol. The molecule has 2 aromatic carbocycles. The molecule has 0 aliphatic carbocycles. The largest absolute Gasteiger partial charge is 0.493 e. The maximum absolute atomic E-state index is 13.1. The van der Waals surface area contributed by atoms with Crippen molar-refractivity contribution >= 4 is 11.5 Å². The van der Waals surface area contributed by atoms with E-state index >= 15 is 0 Å². The van der Waals surface area contributed by atoms with Crippen molar-refractivity contribution in [1.29, 1.82) is 0 Å². The Morgan fingerprint density at radius 2 is 1.92 bits per heavy atom. The van der Waals surface area contributed by atoms with Crippen LogP contribution in [0.15, 0.2) is 64.2 Å². The van der Waals surface area contributed by atoms with Gasteiger partial charge >= 0.3 is 5.69 Å². The number of nitrogens with zero attached hydrogens (tertiary/aromatic N) is 7. The molecule has 0 saturated heterocycles. The number of ether oxygens (including phenoxy) is 2. The molecule has 6 rings (SSSR count). The monoisotopic (exact) mass is 485 g/mol. The van der Waals surface area contributed by atoms with Crippen LogP contribution < -0.4 is 20.1 Å². The van der Waals surface area contributed by atoms with Crippen LogP contribution in [0.25, 0.3) is 17.0 Å². The lowest BCUT2D eigenvalue weighted by atomic mass is 10.00. The van der Waals surface area contributed by atoms with Gasteiger partial charge in [-0.3, -0.25) is 0 Å². The van der Waals surface area contributed by atoms with Crippen LogP contribution in [0.5, 0.6) is 11.5 Å². The van der Waals surface area contributed by atoms with Gasteiger partial charge in [0.05, 0.1) is 19.8 Å². The van der Waals surface area contributed by atoms with Crippen molar-refractivity contribution in [3.8, 4) is 22.9 Å². The number of methoxy groups -OCH3 is 2. The summed E-state index contributed by atoms with van der Waals surface area (Å²) in [6.07, 6.45) is 4.14. The minimum absolute atomic E-state index is 0.0159. The summed E-state index contributed by atoms with van der Waals surface area (Å²) in [5.74, 6) is 2.28. The first-order valence-corrected chi connectivity index (χ1v) is 11.5. The molecule has 11 nitrogen and oxygen atoms in total. The zero-order valence-electron chi connectivity index (χ0n) is 19.8. The number of benzene rings is 2. The fraction of sp³-hybridized carbons (Fsp3) is 0.240. The molecule has 0 saturated carbocycles. The Morgan fingerprint density at radius 3 is 2.75 bits per heavy atom. The highest BCUT2D eigenvalue weighted by molar-refractivity contribution is 5.68. The van der Waals surface area contributed by atoms with Gasteiger partial charge in [0.25, 0.3) is 0 Å². The minimum atomic E-state index is -0.315. The van der Waals surface area contributed by atoms with Gasteiger partial charge in [0.2, 0.25) is 17.4 Å². The molecule has 3 aromatic heterocycles. The molecule has 36 heavy (non-hydrogen) atoms. The molecule has 0 spiro atoms. The van der Waals surface area contributed by atoms with Crippen LogP contribution in [0.3, 0.4) is 0 Å². The lowest BCUT2D eigenvalue weighted by Crippen LogP contribution is -2.31. The standard InChI is InChI=1S/C25H23N7O4/c1-34-19-9-5-8-18(21(19)35-2)22-27-20(36-29-22)15-32-25(33)31-13-11-26-23(24(31)28-32)30-12-10-16-6-3-4-7-17(16)14-30/h3-9,11,13H,10,12,14-15H2,1-2H3. The zero-order valence-corrected chi connectivity index (χ0v) is 19.8. The van der Waals surface area contributed by atoms with Crippen LogP contribution in [0, 0.1) is 0 Å². The number of hydrogen-bond donors (Lipinski definition) is 0. The maximum atomic E-state index is 13.1. The summed E-state index contributed by atoms with van der Waals surface area (Å²) in [5.41, 5.74) is 3.37. The molecule has 0 amide bonds. The molecule has 0 bridgehead atoms. The van der Waals surface area contributed by atoms with E-state index in [2.05, 4.69) is 43.3 Å². The highest BCUT2D eigenvalue weighted by Crippen LogP contribution is 2.36. The van der Waals surface area contributed by atoms with E-state index < -0.39 is 0 Å². The SMILES string of the molecule is COc1cccc(-c2noc(Cn3nc4c(N5CCc6ccccc6C5)nccn4c3=O)n2)c1OC. The lowest BCUT2D eigenvalue weighted by Gasteiger charge is -2.29. The van der Waals surface area contributed by atoms with Gasteiger partial charge in [-0.15, -0.1) is 5.10 Å². The normalized spacial score (nSPS) is 13.1. The summed E-state index contributed by atoms with van der Waals surface area (Å²) in [6.45, 7) is 1.52. The van der Waals surface area contributed by atoms with E-state index in [1.807, 2.05) is 18.2 Å². The molecule has 1 aliphatic rings. The van der Waals surface area contributed by atoms with Crippen LogP contribution in [0.4, 0.5) is 5.82 Å². The number of aromatic nitrogens is 6. The third kappa shape index (κ3) is 3.65. The van der Waals surface area contributed by atoms with E-state index in [0.717, 1.165) is 13.0 Å². The van der Waals surface area contributed by atoms with E-state index in [1.165, 1.54) is 20.2 Å². The van der Waals surface area contributed by atoms with E-state index in [0.29, 0.717) is 40.9 Å². The topological polar surface area (TPSA) is 113 Å². The number of para-hydroxylation sites is 1. The van der Waals surface area contributed by atoms with Gasteiger partial charge < -0.3 is 18.9 Å². The van der Waals surface area contributed by atoms with E-state index in [1.54, 1.807) is 32.7 Å². The Labute approximate surface area is 205 Å². The Balaban J connectivity index is 1.31. The van der Waals surface area contributed by atoms with Gasteiger partial charge in [-0.2, -0.15) is 4.98 Å². The third-order valence-corrected chi connectivity index (χ3v) is 6.31. The second kappa shape index (κ2) is 8.84. The molecule has 182 valence electrons. The predicted molar refractivity (Wildman–Crippen MR) is 130 cm³/mol. The van der Waals surface area contributed by atoms with Crippen molar-refractivity contribution in [1.82, 2.24) is 29.3 Å². The average Bonchev–Trinajstić information content (AvgIpc) is 3.52. The molecule has 11 heteroatoms. The Bertz CT molecular complexity index is 1620. The summed E-state index contributed by atoms with van der Waals surface area (Å²) in [6, 6.07) is 13.8. The fourth-order valence-electron chi connectivity index (χ4n) is 4.56. The number of anilines is 1. The molecular formula is C25H23N7O4. The number of rotatable bonds is 6. The zero-order chi connectivity index (χ0) is 24.6. The first kappa shape index (κ1) is 21.8. The van der Waals surface area contributed by atoms with Crippen LogP contribution in [-0.4, -0.2) is 50.1 Å². The minimum Gasteiger partial charge on any atom is -0.493 e. The van der Waals surface area contributed by atoms with Crippen molar-refractivity contribution in [2.45, 2.75) is 19.5 Å². The average molecular weight is 486 g/mol. The highest BCUT2D eigenvalue weighted by atomic mass is 16.5. The van der Waals surface area contributed by atoms with Crippen molar-refractivity contribution in [3.05, 3.63) is 82.4 Å². The van der Waals surface area contributed by atoms with Crippen LogP contribution in [0.1, 0.15) is 17.0 Å². The molecule has 0 fully saturated rings. The molecule has 1 aliphatic heterocycles. The summed E-state index contributed by atoms with van der Waals surface area (Å²) < 4.78 is 19.1. The third-order valence-electron chi connectivity index (χ3n) is 6.31. The van der Waals surface area contributed by atoms with E-state index in [-0.39, 0.29) is 18.1 Å². The summed E-state index contributed by atoms with van der Waals surface area (Å²) in [4.78, 5) is 24.3. The summed E-state index contributed by atoms with van der Waals surface area (Å²) in [7, 11) is 3.11. The first-order valence-electron chi connectivity index (χ1n) is 11.5. The molecule has 4 heterocycles. The summed E-state index contributed by atoms with van der Waals surface area (Å²) in [5, 5.41) is 8.64. The molecule has 0 N–H and O–H groups in total. The van der Waals surface area contributed by atoms with Gasteiger partial charge in [0.15, 0.2) is 17.3 Å². The first-order chi connectivity index (χ1) is 17.7. The molecule has 0 unspecified atom stereocenters. The van der Waals surface area contributed by atoms with E-state index in [9.17, 15) is 4.79 Å². The maximum Gasteiger partial charge on any atom is 0.350 e. The van der Waals surface area contributed by atoms with Gasteiger partial charge in [-0.25, -0.2) is 18.9 Å². The van der Waals surface area contributed by atoms with Crippen molar-refractivity contribution in [2.24, 2.45) is 0 Å². The predicted octanol–water partition coefficient (Wildman–Crippen LogP) is 2.57. The van der Waals surface area contributed by atoms with Crippen molar-refractivity contribution < 1.29 is 14.0 Å². The van der Waals surface area contributed by atoms with Crippen LogP contribution in [-0.2, 0) is 19.5 Å². The number of fused-ring (bicyclic) bond motifs is 2. The molecule has 5 aromatic rings. The summed E-state index contributed by atoms with van der Waals surface area (Å²) >= 11 is 0. The van der Waals surface area contributed by atoms with Crippen LogP contribution >= 0.6 is 0 Å². The van der Waals surface area contributed by atoms with Crippen molar-refractivity contribution in [3.63, 3.8) is 0 Å². The molecule has 0 radical (unpaired) electrons. The quantitative estimate of drug-likeness (QED) is 0.358. The fourth-order valence-corrected chi connectivity index (χ4v) is 4.56. The second-order valence-corrected chi connectivity index (χ2v) is 8.38. The number of hydrogen-bond acceptors (Lipinski definition) is 9. The highest BCUT2D eigenvalue weighted by Gasteiger charge is 2.23. The second-order valence-electron chi connectivity index (χ2n) is 8.38. The smallest absolute Gasteiger partial charge is 0.350 e. The Hall–Kier alpha value is -4.67. The Kier molecular flexibility index (Phi) is 5.36. The van der Waals surface area contributed by atoms with Crippen LogP contribution in [0.2, 0.25) is 0 Å². The van der Waals surface area contributed by atoms with Gasteiger partial charge in [-0.05, 0) is 29.7 Å². The molecule has 0 atom stereocenters. The van der Waals surface area contributed by atoms with Gasteiger partial charge in [0.1, 0.15) is 6.54 Å².